The van der Waals surface area contributed by atoms with Crippen LogP contribution in [0.4, 0.5) is 11.4 Å². The molecule has 0 unspecified atom stereocenters. The molecule has 2 aromatic rings. The van der Waals surface area contributed by atoms with Gasteiger partial charge in [0.1, 0.15) is 0 Å². The van der Waals surface area contributed by atoms with Crippen LogP contribution < -0.4 is 9.80 Å². The number of anilines is 2. The molecule has 2 nitrogen and oxygen atoms in total. The summed E-state index contributed by atoms with van der Waals surface area (Å²) in [7, 11) is 0. The number of rotatable bonds is 2. The summed E-state index contributed by atoms with van der Waals surface area (Å²) in [5.41, 5.74) is 10.6. The minimum absolute atomic E-state index is 0.984. The lowest BCUT2D eigenvalue weighted by atomic mass is 10.0. The SMILES string of the molecule is Cc1cc(C)c(N2[C]N(c3c(C)cc(C)cc3C)CC2)c(C)c1.Cl[Si](Cl)(Cl)Cl. The van der Waals surface area contributed by atoms with Crippen molar-refractivity contribution in [3.63, 3.8) is 0 Å². The molecule has 1 aliphatic rings. The Morgan fingerprint density at radius 2 is 0.893 bits per heavy atom. The van der Waals surface area contributed by atoms with E-state index in [2.05, 4.69) is 82.3 Å². The minimum atomic E-state index is -2.72. The van der Waals surface area contributed by atoms with Crippen LogP contribution in [0.3, 0.4) is 0 Å². The van der Waals surface area contributed by atoms with Crippen LogP contribution in [-0.4, -0.2) is 18.4 Å². The summed E-state index contributed by atoms with van der Waals surface area (Å²) >= 11 is 19.9. The van der Waals surface area contributed by atoms with E-state index in [1.165, 1.54) is 44.8 Å². The van der Waals surface area contributed by atoms with E-state index >= 15 is 0 Å². The van der Waals surface area contributed by atoms with Gasteiger partial charge in [0, 0.05) is 24.5 Å². The highest BCUT2D eigenvalue weighted by Gasteiger charge is 2.26. The largest absolute Gasteiger partial charge is 0.440 e. The zero-order valence-corrected chi connectivity index (χ0v) is 21.2. The summed E-state index contributed by atoms with van der Waals surface area (Å²) in [6, 6.07) is 9.04. The van der Waals surface area contributed by atoms with Crippen molar-refractivity contribution in [1.82, 2.24) is 0 Å². The van der Waals surface area contributed by atoms with Gasteiger partial charge in [-0.1, -0.05) is 35.4 Å². The lowest BCUT2D eigenvalue weighted by Crippen LogP contribution is -2.21. The Morgan fingerprint density at radius 3 is 1.14 bits per heavy atom. The number of benzene rings is 2. The van der Waals surface area contributed by atoms with Gasteiger partial charge in [0.2, 0.25) is 6.67 Å². The topological polar surface area (TPSA) is 6.48 Å². The average Bonchev–Trinajstić information content (AvgIpc) is 2.92. The lowest BCUT2D eigenvalue weighted by molar-refractivity contribution is 1.01. The number of nitrogens with zero attached hydrogens (tertiary/aromatic N) is 2. The molecule has 0 spiro atoms. The van der Waals surface area contributed by atoms with Crippen LogP contribution in [0.15, 0.2) is 24.3 Å². The molecule has 1 fully saturated rings. The van der Waals surface area contributed by atoms with E-state index in [-0.39, 0.29) is 0 Å². The summed E-state index contributed by atoms with van der Waals surface area (Å²) in [4.78, 5) is 4.56. The van der Waals surface area contributed by atoms with E-state index in [0.29, 0.717) is 0 Å². The molecular weight excluding hydrogens is 450 g/mol. The Kier molecular flexibility index (Phi) is 8.03. The van der Waals surface area contributed by atoms with Gasteiger partial charge in [-0.15, -0.1) is 44.3 Å². The first kappa shape index (κ1) is 23.7. The molecule has 0 atom stereocenters. The van der Waals surface area contributed by atoms with Crippen molar-refractivity contribution in [3.8, 4) is 0 Å². The van der Waals surface area contributed by atoms with Crippen molar-refractivity contribution in [2.45, 2.75) is 41.5 Å². The second-order valence-corrected chi connectivity index (χ2v) is 18.5. The van der Waals surface area contributed by atoms with Gasteiger partial charge in [0.15, 0.2) is 0 Å². The quantitative estimate of drug-likeness (QED) is 0.333. The molecule has 1 aliphatic heterocycles. The average molecular weight is 476 g/mol. The molecule has 1 heterocycles. The van der Waals surface area contributed by atoms with Gasteiger partial charge in [0.05, 0.1) is 0 Å². The zero-order chi connectivity index (χ0) is 21.2. The molecule has 28 heavy (non-hydrogen) atoms. The van der Waals surface area contributed by atoms with Gasteiger partial charge in [0.25, 0.3) is 0 Å². The van der Waals surface area contributed by atoms with Gasteiger partial charge < -0.3 is 9.80 Å². The third-order valence-electron chi connectivity index (χ3n) is 4.60. The molecule has 152 valence electrons. The number of hydrogen-bond donors (Lipinski definition) is 0. The van der Waals surface area contributed by atoms with Crippen molar-refractivity contribution in [2.24, 2.45) is 0 Å². The highest BCUT2D eigenvalue weighted by atomic mass is 36.0. The van der Waals surface area contributed by atoms with E-state index in [1.807, 2.05) is 0 Å². The Balaban J connectivity index is 0.000000500. The third-order valence-corrected chi connectivity index (χ3v) is 4.60. The first-order valence-corrected chi connectivity index (χ1v) is 15.1. The predicted molar refractivity (Wildman–Crippen MR) is 128 cm³/mol. The lowest BCUT2D eigenvalue weighted by Gasteiger charge is -2.25. The molecule has 0 aromatic heterocycles. The Hall–Kier alpha value is -0.583. The van der Waals surface area contributed by atoms with E-state index in [1.54, 1.807) is 0 Å². The standard InChI is InChI=1S/C21H26N2.Cl4Si/c1-14-9-16(3)20(17(4)10-14)22-7-8-23(13-22)21-18(5)11-15(2)12-19(21)6;1-5(2,3)4/h9-12H,7-8H2,1-6H3;. The fraction of sp³-hybridized carbons (Fsp3) is 0.381. The Morgan fingerprint density at radius 1 is 0.643 bits per heavy atom. The highest BCUT2D eigenvalue weighted by molar-refractivity contribution is 7.81. The summed E-state index contributed by atoms with van der Waals surface area (Å²) in [6.45, 7) is 18.7. The monoisotopic (exact) mass is 474 g/mol. The van der Waals surface area contributed by atoms with Gasteiger partial charge >= 0.3 is 5.31 Å². The molecule has 1 saturated heterocycles. The fourth-order valence-electron chi connectivity index (χ4n) is 3.97. The van der Waals surface area contributed by atoms with Crippen molar-refractivity contribution in [3.05, 3.63) is 64.3 Å². The maximum atomic E-state index is 4.97. The zero-order valence-electron chi connectivity index (χ0n) is 17.1. The van der Waals surface area contributed by atoms with Crippen LogP contribution in [0.2, 0.25) is 0 Å². The molecule has 7 heteroatoms. The van der Waals surface area contributed by atoms with Gasteiger partial charge in [-0.25, -0.2) is 0 Å². The molecule has 0 bridgehead atoms. The summed E-state index contributed by atoms with van der Waals surface area (Å²) in [5, 5.41) is -2.72. The van der Waals surface area contributed by atoms with Crippen molar-refractivity contribution in [2.75, 3.05) is 22.9 Å². The minimum Gasteiger partial charge on any atom is -0.339 e. The maximum absolute atomic E-state index is 4.97. The molecule has 0 amide bonds. The van der Waals surface area contributed by atoms with Crippen molar-refractivity contribution >= 4 is 61.0 Å². The molecular formula is C21H26Cl4N2Si. The van der Waals surface area contributed by atoms with Crippen LogP contribution in [-0.2, 0) is 0 Å². The summed E-state index contributed by atoms with van der Waals surface area (Å²) < 4.78 is 0. The number of hydrogen-bond acceptors (Lipinski definition) is 2. The van der Waals surface area contributed by atoms with Gasteiger partial charge in [-0.3, -0.25) is 0 Å². The van der Waals surface area contributed by atoms with Gasteiger partial charge in [-0.05, 0) is 63.8 Å². The summed E-state index contributed by atoms with van der Waals surface area (Å²) in [6.07, 6.45) is 0. The Labute approximate surface area is 189 Å². The molecule has 0 saturated carbocycles. The fourth-order valence-corrected chi connectivity index (χ4v) is 3.97. The molecule has 2 radical (unpaired) electrons. The van der Waals surface area contributed by atoms with Crippen LogP contribution in [0.25, 0.3) is 0 Å². The van der Waals surface area contributed by atoms with Crippen LogP contribution in [0, 0.1) is 48.2 Å². The highest BCUT2D eigenvalue weighted by Crippen LogP contribution is 2.34. The third kappa shape index (κ3) is 6.46. The first-order chi connectivity index (χ1) is 12.9. The predicted octanol–water partition coefficient (Wildman–Crippen LogP) is 7.24. The molecule has 2 aromatic carbocycles. The normalized spacial score (nSPS) is 14.2. The van der Waals surface area contributed by atoms with E-state index in [9.17, 15) is 0 Å². The smallest absolute Gasteiger partial charge is 0.339 e. The van der Waals surface area contributed by atoms with Crippen LogP contribution in [0.1, 0.15) is 33.4 Å². The second kappa shape index (κ2) is 9.49. The van der Waals surface area contributed by atoms with Crippen LogP contribution in [0.5, 0.6) is 0 Å². The first-order valence-electron chi connectivity index (χ1n) is 9.09. The molecule has 0 aliphatic carbocycles. The Bertz CT molecular complexity index is 733. The summed E-state index contributed by atoms with van der Waals surface area (Å²) in [5.74, 6) is 0. The van der Waals surface area contributed by atoms with Crippen molar-refractivity contribution < 1.29 is 0 Å². The molecule has 0 N–H and O–H groups in total. The molecule has 3 rings (SSSR count). The second-order valence-electron chi connectivity index (χ2n) is 7.33. The number of halogens is 4. The van der Waals surface area contributed by atoms with Crippen molar-refractivity contribution in [1.29, 1.82) is 0 Å². The van der Waals surface area contributed by atoms with E-state index < -0.39 is 5.31 Å². The van der Waals surface area contributed by atoms with Crippen LogP contribution >= 0.6 is 44.3 Å². The number of aryl methyl sites for hydroxylation is 6. The maximum Gasteiger partial charge on any atom is 0.440 e. The van der Waals surface area contributed by atoms with E-state index in [4.69, 9.17) is 44.3 Å². The van der Waals surface area contributed by atoms with E-state index in [0.717, 1.165) is 13.1 Å². The van der Waals surface area contributed by atoms with Gasteiger partial charge in [-0.2, -0.15) is 0 Å².